The van der Waals surface area contributed by atoms with Crippen LogP contribution in [0.3, 0.4) is 0 Å². The monoisotopic (exact) mass is 465 g/mol. The van der Waals surface area contributed by atoms with Crippen LogP contribution in [-0.4, -0.2) is 17.6 Å². The Morgan fingerprint density at radius 2 is 1.82 bits per heavy atom. The molecule has 0 saturated carbocycles. The van der Waals surface area contributed by atoms with Gasteiger partial charge in [0.1, 0.15) is 18.2 Å². The summed E-state index contributed by atoms with van der Waals surface area (Å²) in [7, 11) is 0. The molecule has 0 radical (unpaired) electrons. The molecule has 0 fully saturated rings. The highest BCUT2D eigenvalue weighted by atomic mass is 35.5. The van der Waals surface area contributed by atoms with E-state index >= 15 is 0 Å². The standard InChI is InChI=1S/C27H25ClFNO3/c1-3-32-27(31)26-17(2)7-13-24(30-26)22-6-4-5-21(22)23-15-19(28)10-14-25(23)33-16-18-8-11-20(29)12-9-18/h7-15H,3-6,16H2,1-2H3. The smallest absolute Gasteiger partial charge is 0.357 e. The minimum atomic E-state index is -0.414. The van der Waals surface area contributed by atoms with Crippen LogP contribution in [0, 0.1) is 12.7 Å². The fraction of sp³-hybridized carbons (Fsp3) is 0.259. The Bertz CT molecular complexity index is 1200. The number of carbonyl (C=O) groups is 1. The third-order valence-electron chi connectivity index (χ3n) is 5.67. The van der Waals surface area contributed by atoms with Gasteiger partial charge in [0.2, 0.25) is 0 Å². The first-order valence-corrected chi connectivity index (χ1v) is 11.4. The number of hydrogen-bond acceptors (Lipinski definition) is 4. The van der Waals surface area contributed by atoms with Crippen molar-refractivity contribution in [3.05, 3.63) is 93.5 Å². The number of allylic oxidation sites excluding steroid dienone is 2. The number of benzene rings is 2. The summed E-state index contributed by atoms with van der Waals surface area (Å²) in [5.41, 5.74) is 5.86. The van der Waals surface area contributed by atoms with Crippen molar-refractivity contribution < 1.29 is 18.7 Å². The summed E-state index contributed by atoms with van der Waals surface area (Å²) in [5.74, 6) is 0.0124. The molecule has 2 aromatic carbocycles. The number of aryl methyl sites for hydroxylation is 1. The first kappa shape index (κ1) is 23.0. The maximum atomic E-state index is 13.2. The molecule has 3 aromatic rings. The second-order valence-corrected chi connectivity index (χ2v) is 8.39. The van der Waals surface area contributed by atoms with Crippen LogP contribution in [-0.2, 0) is 11.3 Å². The molecule has 0 bridgehead atoms. The average Bonchev–Trinajstić information content (AvgIpc) is 3.29. The van der Waals surface area contributed by atoms with Crippen LogP contribution in [0.5, 0.6) is 5.75 Å². The lowest BCUT2D eigenvalue weighted by atomic mass is 9.98. The van der Waals surface area contributed by atoms with Gasteiger partial charge < -0.3 is 9.47 Å². The van der Waals surface area contributed by atoms with E-state index in [2.05, 4.69) is 4.98 Å². The quantitative estimate of drug-likeness (QED) is 0.351. The van der Waals surface area contributed by atoms with Gasteiger partial charge in [-0.05, 0) is 91.8 Å². The molecule has 0 N–H and O–H groups in total. The van der Waals surface area contributed by atoms with Crippen LogP contribution in [0.25, 0.3) is 11.1 Å². The number of hydrogen-bond donors (Lipinski definition) is 0. The van der Waals surface area contributed by atoms with Crippen LogP contribution in [0.15, 0.2) is 54.6 Å². The molecule has 1 aliphatic carbocycles. The summed E-state index contributed by atoms with van der Waals surface area (Å²) >= 11 is 6.35. The van der Waals surface area contributed by atoms with E-state index in [0.717, 1.165) is 52.8 Å². The van der Waals surface area contributed by atoms with Gasteiger partial charge in [-0.2, -0.15) is 0 Å². The first-order chi connectivity index (χ1) is 16.0. The van der Waals surface area contributed by atoms with E-state index in [1.54, 1.807) is 25.1 Å². The molecule has 1 heterocycles. The zero-order chi connectivity index (χ0) is 23.4. The number of pyridine rings is 1. The van der Waals surface area contributed by atoms with Gasteiger partial charge in [-0.25, -0.2) is 14.2 Å². The lowest BCUT2D eigenvalue weighted by molar-refractivity contribution is 0.0518. The highest BCUT2D eigenvalue weighted by Crippen LogP contribution is 2.43. The highest BCUT2D eigenvalue weighted by Gasteiger charge is 2.23. The van der Waals surface area contributed by atoms with E-state index in [9.17, 15) is 9.18 Å². The Morgan fingerprint density at radius 1 is 1.06 bits per heavy atom. The van der Waals surface area contributed by atoms with Crippen LogP contribution in [0.2, 0.25) is 5.02 Å². The summed E-state index contributed by atoms with van der Waals surface area (Å²) in [6, 6.07) is 15.7. The molecule has 0 unspecified atom stereocenters. The fourth-order valence-corrected chi connectivity index (χ4v) is 4.20. The molecule has 0 atom stereocenters. The summed E-state index contributed by atoms with van der Waals surface area (Å²) in [4.78, 5) is 17.0. The maximum Gasteiger partial charge on any atom is 0.357 e. The zero-order valence-electron chi connectivity index (χ0n) is 18.7. The number of rotatable bonds is 7. The van der Waals surface area contributed by atoms with Crippen molar-refractivity contribution in [3.8, 4) is 5.75 Å². The van der Waals surface area contributed by atoms with Crippen LogP contribution < -0.4 is 4.74 Å². The predicted molar refractivity (Wildman–Crippen MR) is 128 cm³/mol. The summed E-state index contributed by atoms with van der Waals surface area (Å²) < 4.78 is 24.5. The van der Waals surface area contributed by atoms with Crippen molar-refractivity contribution in [1.29, 1.82) is 0 Å². The summed E-state index contributed by atoms with van der Waals surface area (Å²) in [6.45, 7) is 4.25. The third kappa shape index (κ3) is 5.25. The minimum absolute atomic E-state index is 0.278. The van der Waals surface area contributed by atoms with Gasteiger partial charge in [-0.15, -0.1) is 0 Å². The predicted octanol–water partition coefficient (Wildman–Crippen LogP) is 7.03. The van der Waals surface area contributed by atoms with Gasteiger partial charge in [0.25, 0.3) is 0 Å². The normalized spacial score (nSPS) is 13.3. The van der Waals surface area contributed by atoms with Gasteiger partial charge >= 0.3 is 5.97 Å². The van der Waals surface area contributed by atoms with Crippen molar-refractivity contribution in [2.45, 2.75) is 39.7 Å². The molecule has 4 nitrogen and oxygen atoms in total. The molecular formula is C27H25ClFNO3. The molecule has 0 spiro atoms. The molecule has 0 amide bonds. The van der Waals surface area contributed by atoms with E-state index in [1.165, 1.54) is 12.1 Å². The first-order valence-electron chi connectivity index (χ1n) is 11.0. The molecular weight excluding hydrogens is 441 g/mol. The van der Waals surface area contributed by atoms with Gasteiger partial charge in [-0.3, -0.25) is 0 Å². The van der Waals surface area contributed by atoms with Crippen LogP contribution in [0.1, 0.15) is 59.1 Å². The van der Waals surface area contributed by atoms with Crippen LogP contribution in [0.4, 0.5) is 4.39 Å². The van der Waals surface area contributed by atoms with Gasteiger partial charge in [0.15, 0.2) is 5.69 Å². The van der Waals surface area contributed by atoms with Crippen molar-refractivity contribution in [1.82, 2.24) is 4.98 Å². The number of aromatic nitrogens is 1. The molecule has 170 valence electrons. The Kier molecular flexibility index (Phi) is 7.09. The van der Waals surface area contributed by atoms with Crippen LogP contribution >= 0.6 is 11.6 Å². The molecule has 0 saturated heterocycles. The molecule has 33 heavy (non-hydrogen) atoms. The Balaban J connectivity index is 1.70. The third-order valence-corrected chi connectivity index (χ3v) is 5.90. The second-order valence-electron chi connectivity index (χ2n) is 7.95. The van der Waals surface area contributed by atoms with Crippen molar-refractivity contribution in [2.24, 2.45) is 0 Å². The Morgan fingerprint density at radius 3 is 2.58 bits per heavy atom. The van der Waals surface area contributed by atoms with E-state index in [-0.39, 0.29) is 5.82 Å². The molecule has 1 aliphatic rings. The number of esters is 1. The van der Waals surface area contributed by atoms with Crippen molar-refractivity contribution in [2.75, 3.05) is 6.61 Å². The maximum absolute atomic E-state index is 13.2. The average molecular weight is 466 g/mol. The van der Waals surface area contributed by atoms with Gasteiger partial charge in [0, 0.05) is 10.6 Å². The van der Waals surface area contributed by atoms with E-state index < -0.39 is 5.97 Å². The summed E-state index contributed by atoms with van der Waals surface area (Å²) in [5, 5.41) is 0.613. The second kappa shape index (κ2) is 10.2. The number of ether oxygens (including phenoxy) is 2. The molecule has 4 rings (SSSR count). The minimum Gasteiger partial charge on any atom is -0.488 e. The number of carbonyl (C=O) groups excluding carboxylic acids is 1. The number of halogens is 2. The largest absolute Gasteiger partial charge is 0.488 e. The topological polar surface area (TPSA) is 48.4 Å². The van der Waals surface area contributed by atoms with Gasteiger partial charge in [0.05, 0.1) is 12.3 Å². The molecule has 1 aromatic heterocycles. The van der Waals surface area contributed by atoms with Crippen molar-refractivity contribution in [3.63, 3.8) is 0 Å². The zero-order valence-corrected chi connectivity index (χ0v) is 19.4. The lowest BCUT2D eigenvalue weighted by Crippen LogP contribution is -2.10. The van der Waals surface area contributed by atoms with Crippen molar-refractivity contribution >= 4 is 28.7 Å². The number of nitrogens with zero attached hydrogens (tertiary/aromatic N) is 1. The summed E-state index contributed by atoms with van der Waals surface area (Å²) in [6.07, 6.45) is 2.67. The van der Waals surface area contributed by atoms with E-state index in [4.69, 9.17) is 21.1 Å². The SMILES string of the molecule is CCOC(=O)c1nc(C2=C(c3cc(Cl)ccc3OCc3ccc(F)cc3)CCC2)ccc1C. The Labute approximate surface area is 198 Å². The molecule has 0 aliphatic heterocycles. The lowest BCUT2D eigenvalue weighted by Gasteiger charge is -2.15. The fourth-order valence-electron chi connectivity index (χ4n) is 4.03. The Hall–Kier alpha value is -3.18. The van der Waals surface area contributed by atoms with E-state index in [0.29, 0.717) is 29.7 Å². The van der Waals surface area contributed by atoms with Gasteiger partial charge in [-0.1, -0.05) is 29.8 Å². The van der Waals surface area contributed by atoms with E-state index in [1.807, 2.05) is 31.2 Å². The highest BCUT2D eigenvalue weighted by molar-refractivity contribution is 6.30. The molecule has 6 heteroatoms.